The number of halogens is 3. The summed E-state index contributed by atoms with van der Waals surface area (Å²) >= 11 is 1.93. The van der Waals surface area contributed by atoms with E-state index in [1.807, 2.05) is 54.2 Å². The Morgan fingerprint density at radius 3 is 2.43 bits per heavy atom. The van der Waals surface area contributed by atoms with Gasteiger partial charge in [0.25, 0.3) is 5.91 Å². The number of rotatable bonds is 8. The topological polar surface area (TPSA) is 44.8 Å². The van der Waals surface area contributed by atoms with Gasteiger partial charge in [-0.1, -0.05) is 30.0 Å². The molecule has 0 aromatic heterocycles. The first-order valence-electron chi connectivity index (χ1n) is 14.9. The van der Waals surface area contributed by atoms with Crippen LogP contribution in [0, 0.1) is 11.8 Å². The summed E-state index contributed by atoms with van der Waals surface area (Å²) in [6.07, 6.45) is -1.44. The van der Waals surface area contributed by atoms with Crippen molar-refractivity contribution in [1.82, 2.24) is 15.1 Å². The molecule has 0 saturated carbocycles. The lowest BCUT2D eigenvalue weighted by atomic mass is 9.97. The van der Waals surface area contributed by atoms with Gasteiger partial charge in [-0.15, -0.1) is 0 Å². The Kier molecular flexibility index (Phi) is 10.2. The lowest BCUT2D eigenvalue weighted by Crippen LogP contribution is -2.53. The van der Waals surface area contributed by atoms with Gasteiger partial charge < -0.3 is 15.0 Å². The van der Waals surface area contributed by atoms with Crippen molar-refractivity contribution in [3.8, 4) is 17.6 Å². The molecule has 3 aromatic rings. The zero-order chi connectivity index (χ0) is 31.2. The number of benzene rings is 3. The second-order valence-corrected chi connectivity index (χ2v) is 12.9. The van der Waals surface area contributed by atoms with Crippen molar-refractivity contribution >= 4 is 17.7 Å². The Bertz CT molecular complexity index is 1480. The van der Waals surface area contributed by atoms with Crippen LogP contribution >= 0.6 is 11.8 Å². The second kappa shape index (κ2) is 14.1. The second-order valence-electron chi connectivity index (χ2n) is 11.8. The molecule has 2 aliphatic rings. The average molecular weight is 622 g/mol. The molecule has 2 heterocycles. The van der Waals surface area contributed by atoms with Gasteiger partial charge in [-0.3, -0.25) is 9.69 Å². The monoisotopic (exact) mass is 621 g/mol. The predicted octanol–water partition coefficient (Wildman–Crippen LogP) is 6.32. The Hall–Kier alpha value is -3.45. The summed E-state index contributed by atoms with van der Waals surface area (Å²) in [4.78, 5) is 17.6. The molecule has 3 aromatic carbocycles. The van der Waals surface area contributed by atoms with Gasteiger partial charge in [-0.05, 0) is 99.3 Å². The van der Waals surface area contributed by atoms with Crippen LogP contribution in [0.15, 0.2) is 72.8 Å². The molecule has 1 N–H and O–H groups in total. The van der Waals surface area contributed by atoms with E-state index in [0.717, 1.165) is 73.7 Å². The predicted molar refractivity (Wildman–Crippen MR) is 170 cm³/mol. The molecule has 1 unspecified atom stereocenters. The van der Waals surface area contributed by atoms with Crippen LogP contribution in [0.5, 0.6) is 5.75 Å². The maximum absolute atomic E-state index is 13.0. The first kappa shape index (κ1) is 32.0. The molecule has 1 amide bonds. The molecule has 232 valence electrons. The van der Waals surface area contributed by atoms with Crippen LogP contribution in [0.3, 0.4) is 0 Å². The summed E-state index contributed by atoms with van der Waals surface area (Å²) in [7, 11) is 4.17. The minimum absolute atomic E-state index is 0.00649. The third kappa shape index (κ3) is 8.38. The van der Waals surface area contributed by atoms with Crippen LogP contribution in [0.2, 0.25) is 0 Å². The number of amides is 1. The van der Waals surface area contributed by atoms with Crippen LogP contribution in [0.25, 0.3) is 0 Å². The standard InChI is InChI=1S/C35H38F3N3O2S/c1-40(2)34(17-20-44-25-34)24-39-33(42)29-7-4-8-32(22-29)43-31-15-18-41(19-16-31)23-28-6-3-5-27(21-28)10-9-26-11-13-30(14-12-26)35(36,37)38/h3-8,11-14,21-22,31H,15-20,23-25H2,1-2H3,(H,39,42). The Labute approximate surface area is 262 Å². The first-order chi connectivity index (χ1) is 21.1. The number of likely N-dealkylation sites (tertiary alicyclic amines) is 1. The largest absolute Gasteiger partial charge is 0.490 e. The molecular formula is C35H38F3N3O2S. The number of carbonyl (C=O) groups excluding carboxylic acids is 1. The molecule has 9 heteroatoms. The zero-order valence-electron chi connectivity index (χ0n) is 25.1. The quantitative estimate of drug-likeness (QED) is 0.299. The summed E-state index contributed by atoms with van der Waals surface area (Å²) in [6.45, 7) is 3.18. The van der Waals surface area contributed by atoms with Crippen molar-refractivity contribution in [3.63, 3.8) is 0 Å². The lowest BCUT2D eigenvalue weighted by molar-refractivity contribution is -0.137. The third-order valence-electron chi connectivity index (χ3n) is 8.44. The van der Waals surface area contributed by atoms with E-state index in [1.165, 1.54) is 12.1 Å². The van der Waals surface area contributed by atoms with E-state index < -0.39 is 11.7 Å². The smallest absolute Gasteiger partial charge is 0.416 e. The lowest BCUT2D eigenvalue weighted by Gasteiger charge is -2.35. The molecule has 2 saturated heterocycles. The van der Waals surface area contributed by atoms with Crippen molar-refractivity contribution in [2.75, 3.05) is 45.2 Å². The summed E-state index contributed by atoms with van der Waals surface area (Å²) in [5.74, 6) is 8.81. The molecule has 44 heavy (non-hydrogen) atoms. The van der Waals surface area contributed by atoms with Crippen LogP contribution in [-0.4, -0.2) is 72.6 Å². The molecule has 2 aliphatic heterocycles. The normalized spacial score (nSPS) is 19.4. The van der Waals surface area contributed by atoms with Gasteiger partial charge in [0.15, 0.2) is 0 Å². The number of piperidine rings is 1. The molecule has 0 bridgehead atoms. The zero-order valence-corrected chi connectivity index (χ0v) is 25.9. The van der Waals surface area contributed by atoms with Crippen LogP contribution < -0.4 is 10.1 Å². The Morgan fingerprint density at radius 2 is 1.75 bits per heavy atom. The maximum Gasteiger partial charge on any atom is 0.416 e. The Morgan fingerprint density at radius 1 is 1.02 bits per heavy atom. The highest BCUT2D eigenvalue weighted by atomic mass is 32.2. The number of ether oxygens (including phenoxy) is 1. The van der Waals surface area contributed by atoms with Gasteiger partial charge in [-0.25, -0.2) is 0 Å². The molecule has 5 nitrogen and oxygen atoms in total. The van der Waals surface area contributed by atoms with Crippen molar-refractivity contribution < 1.29 is 22.7 Å². The van der Waals surface area contributed by atoms with Gasteiger partial charge in [0.2, 0.25) is 0 Å². The van der Waals surface area contributed by atoms with E-state index in [9.17, 15) is 18.0 Å². The van der Waals surface area contributed by atoms with Crippen molar-refractivity contribution in [2.24, 2.45) is 0 Å². The number of nitrogens with one attached hydrogen (secondary N) is 1. The SMILES string of the molecule is CN(C)C1(CNC(=O)c2cccc(OC3CCN(Cc4cccc(C#Cc5ccc(C(F)(F)F)cc5)c4)CC3)c2)CCSC1. The van der Waals surface area contributed by atoms with Gasteiger partial charge in [0.1, 0.15) is 11.9 Å². The van der Waals surface area contributed by atoms with Gasteiger partial charge in [0, 0.05) is 54.2 Å². The van der Waals surface area contributed by atoms with E-state index in [-0.39, 0.29) is 17.6 Å². The van der Waals surface area contributed by atoms with Gasteiger partial charge in [0.05, 0.1) is 5.56 Å². The summed E-state index contributed by atoms with van der Waals surface area (Å²) < 4.78 is 44.7. The number of carbonyl (C=O) groups is 1. The molecule has 0 spiro atoms. The summed E-state index contributed by atoms with van der Waals surface area (Å²) in [6, 6.07) is 20.3. The summed E-state index contributed by atoms with van der Waals surface area (Å²) in [5, 5.41) is 3.15. The Balaban J connectivity index is 1.10. The van der Waals surface area contributed by atoms with Crippen LogP contribution in [0.1, 0.15) is 51.9 Å². The fourth-order valence-electron chi connectivity index (χ4n) is 5.57. The maximum atomic E-state index is 13.0. The van der Waals surface area contributed by atoms with Crippen molar-refractivity contribution in [3.05, 3.63) is 101 Å². The fourth-order valence-corrected chi connectivity index (χ4v) is 7.13. The number of alkyl halides is 3. The highest BCUT2D eigenvalue weighted by Gasteiger charge is 2.37. The van der Waals surface area contributed by atoms with Crippen molar-refractivity contribution in [1.29, 1.82) is 0 Å². The molecule has 0 aliphatic carbocycles. The molecule has 5 rings (SSSR count). The van der Waals surface area contributed by atoms with E-state index in [4.69, 9.17) is 4.74 Å². The number of nitrogens with zero attached hydrogens (tertiary/aromatic N) is 2. The average Bonchev–Trinajstić information content (AvgIpc) is 3.51. The summed E-state index contributed by atoms with van der Waals surface area (Å²) in [5.41, 5.74) is 2.44. The minimum atomic E-state index is -4.35. The van der Waals surface area contributed by atoms with Crippen molar-refractivity contribution in [2.45, 2.75) is 43.6 Å². The van der Waals surface area contributed by atoms with E-state index in [1.54, 1.807) is 0 Å². The highest BCUT2D eigenvalue weighted by Crippen LogP contribution is 2.32. The number of hydrogen-bond donors (Lipinski definition) is 1. The number of likely N-dealkylation sites (N-methyl/N-ethyl adjacent to an activating group) is 1. The first-order valence-corrected chi connectivity index (χ1v) is 16.1. The molecule has 1 atom stereocenters. The number of thioether (sulfide) groups is 1. The fraction of sp³-hybridized carbons (Fsp3) is 0.400. The van der Waals surface area contributed by atoms with Crippen LogP contribution in [-0.2, 0) is 12.7 Å². The van der Waals surface area contributed by atoms with E-state index in [2.05, 4.69) is 47.1 Å². The molecule has 2 fully saturated rings. The van der Waals surface area contributed by atoms with Gasteiger partial charge in [-0.2, -0.15) is 24.9 Å². The number of hydrogen-bond acceptors (Lipinski definition) is 5. The minimum Gasteiger partial charge on any atom is -0.490 e. The highest BCUT2D eigenvalue weighted by molar-refractivity contribution is 7.99. The third-order valence-corrected chi connectivity index (χ3v) is 9.67. The molecular weight excluding hydrogens is 583 g/mol. The van der Waals surface area contributed by atoms with Gasteiger partial charge >= 0.3 is 6.18 Å². The van der Waals surface area contributed by atoms with E-state index >= 15 is 0 Å². The van der Waals surface area contributed by atoms with E-state index in [0.29, 0.717) is 23.4 Å². The molecule has 0 radical (unpaired) electrons. The van der Waals surface area contributed by atoms with Crippen LogP contribution in [0.4, 0.5) is 13.2 Å².